The van der Waals surface area contributed by atoms with Gasteiger partial charge in [-0.1, -0.05) is 24.3 Å². The molecule has 8 heteroatoms. The van der Waals surface area contributed by atoms with Crippen LogP contribution in [0.2, 0.25) is 0 Å². The molecule has 0 radical (unpaired) electrons. The number of carbonyl (C=O) groups is 3. The van der Waals surface area contributed by atoms with E-state index in [0.29, 0.717) is 18.7 Å². The molecule has 3 rings (SSSR count). The first-order chi connectivity index (χ1) is 14.5. The SMILES string of the molecule is COC(=O)C(Cc1cccc(N(CCO)CCO)c1)N1C(=O)c2ccccc2C1=O. The molecule has 30 heavy (non-hydrogen) atoms. The summed E-state index contributed by atoms with van der Waals surface area (Å²) in [7, 11) is 1.22. The van der Waals surface area contributed by atoms with Crippen molar-refractivity contribution in [3.63, 3.8) is 0 Å². The Bertz CT molecular complexity index is 904. The van der Waals surface area contributed by atoms with Crippen LogP contribution in [0.25, 0.3) is 0 Å². The van der Waals surface area contributed by atoms with Crippen LogP contribution in [0.5, 0.6) is 0 Å². The average Bonchev–Trinajstić information content (AvgIpc) is 3.02. The van der Waals surface area contributed by atoms with E-state index in [4.69, 9.17) is 4.74 Å². The smallest absolute Gasteiger partial charge is 0.329 e. The number of aliphatic hydroxyl groups is 2. The van der Waals surface area contributed by atoms with Crippen molar-refractivity contribution in [2.75, 3.05) is 38.3 Å². The van der Waals surface area contributed by atoms with E-state index in [-0.39, 0.29) is 30.8 Å². The Balaban J connectivity index is 1.90. The summed E-state index contributed by atoms with van der Waals surface area (Å²) < 4.78 is 4.89. The minimum absolute atomic E-state index is 0.0793. The molecule has 0 saturated heterocycles. The maximum atomic E-state index is 12.8. The number of methoxy groups -OCH3 is 1. The summed E-state index contributed by atoms with van der Waals surface area (Å²) in [6.45, 7) is 0.514. The lowest BCUT2D eigenvalue weighted by Crippen LogP contribution is -2.46. The molecule has 2 N–H and O–H groups in total. The first kappa shape index (κ1) is 21.5. The lowest BCUT2D eigenvalue weighted by Gasteiger charge is -2.26. The quantitative estimate of drug-likeness (QED) is 0.465. The van der Waals surface area contributed by atoms with Crippen molar-refractivity contribution in [1.82, 2.24) is 4.90 Å². The van der Waals surface area contributed by atoms with Crippen LogP contribution in [0.3, 0.4) is 0 Å². The highest BCUT2D eigenvalue weighted by Crippen LogP contribution is 2.27. The molecular weight excluding hydrogens is 388 g/mol. The molecule has 1 aliphatic rings. The van der Waals surface area contributed by atoms with Gasteiger partial charge in [-0.2, -0.15) is 0 Å². The molecule has 1 unspecified atom stereocenters. The van der Waals surface area contributed by atoms with Crippen LogP contribution < -0.4 is 4.90 Å². The van der Waals surface area contributed by atoms with Gasteiger partial charge in [0.1, 0.15) is 6.04 Å². The first-order valence-corrected chi connectivity index (χ1v) is 9.62. The van der Waals surface area contributed by atoms with E-state index in [1.54, 1.807) is 47.4 Å². The third-order valence-electron chi connectivity index (χ3n) is 5.06. The Hall–Kier alpha value is -3.23. The topological polar surface area (TPSA) is 107 Å². The Morgan fingerprint density at radius 3 is 2.13 bits per heavy atom. The van der Waals surface area contributed by atoms with Crippen molar-refractivity contribution < 1.29 is 29.3 Å². The summed E-state index contributed by atoms with van der Waals surface area (Å²) in [5.41, 5.74) is 1.99. The number of anilines is 1. The van der Waals surface area contributed by atoms with Gasteiger partial charge in [0.25, 0.3) is 11.8 Å². The molecule has 0 aromatic heterocycles. The van der Waals surface area contributed by atoms with Gasteiger partial charge in [0, 0.05) is 25.2 Å². The zero-order valence-corrected chi connectivity index (χ0v) is 16.7. The Morgan fingerprint density at radius 1 is 1.00 bits per heavy atom. The Kier molecular flexibility index (Phi) is 6.81. The van der Waals surface area contributed by atoms with Gasteiger partial charge in [-0.15, -0.1) is 0 Å². The molecule has 2 amide bonds. The average molecular weight is 412 g/mol. The number of aliphatic hydroxyl groups excluding tert-OH is 2. The van der Waals surface area contributed by atoms with Gasteiger partial charge < -0.3 is 19.8 Å². The number of carbonyl (C=O) groups excluding carboxylic acids is 3. The maximum Gasteiger partial charge on any atom is 0.329 e. The summed E-state index contributed by atoms with van der Waals surface area (Å²) in [6.07, 6.45) is 0.0814. The van der Waals surface area contributed by atoms with E-state index in [9.17, 15) is 24.6 Å². The molecule has 158 valence electrons. The molecule has 0 aliphatic carbocycles. The van der Waals surface area contributed by atoms with Crippen LogP contribution in [0, 0.1) is 0 Å². The fraction of sp³-hybridized carbons (Fsp3) is 0.318. The number of esters is 1. The molecule has 1 aliphatic heterocycles. The number of hydrogen-bond acceptors (Lipinski definition) is 7. The summed E-state index contributed by atoms with van der Waals surface area (Å²) in [6, 6.07) is 12.5. The zero-order chi connectivity index (χ0) is 21.7. The van der Waals surface area contributed by atoms with Crippen molar-refractivity contribution in [2.24, 2.45) is 0 Å². The van der Waals surface area contributed by atoms with E-state index in [1.165, 1.54) is 7.11 Å². The monoisotopic (exact) mass is 412 g/mol. The van der Waals surface area contributed by atoms with Crippen molar-refractivity contribution in [3.05, 3.63) is 65.2 Å². The van der Waals surface area contributed by atoms with Crippen molar-refractivity contribution in [1.29, 1.82) is 0 Å². The van der Waals surface area contributed by atoms with Gasteiger partial charge in [-0.05, 0) is 29.8 Å². The fourth-order valence-electron chi connectivity index (χ4n) is 3.62. The fourth-order valence-corrected chi connectivity index (χ4v) is 3.62. The number of imide groups is 1. The number of fused-ring (bicyclic) bond motifs is 1. The standard InChI is InChI=1S/C22H24N2O6/c1-30-22(29)19(24-20(27)17-7-2-3-8-18(17)21(24)28)14-15-5-4-6-16(13-15)23(9-11-25)10-12-26/h2-8,13,19,25-26H,9-12,14H2,1H3. The molecule has 0 saturated carbocycles. The molecule has 0 fully saturated rings. The van der Waals surface area contributed by atoms with E-state index in [0.717, 1.165) is 10.6 Å². The lowest BCUT2D eigenvalue weighted by atomic mass is 10.0. The molecule has 8 nitrogen and oxygen atoms in total. The van der Waals surface area contributed by atoms with Gasteiger partial charge in [-0.3, -0.25) is 14.5 Å². The van der Waals surface area contributed by atoms with Gasteiger partial charge >= 0.3 is 5.97 Å². The Morgan fingerprint density at radius 2 is 1.60 bits per heavy atom. The van der Waals surface area contributed by atoms with Crippen LogP contribution in [0.4, 0.5) is 5.69 Å². The highest BCUT2D eigenvalue weighted by Gasteiger charge is 2.43. The minimum atomic E-state index is -1.11. The van der Waals surface area contributed by atoms with Crippen molar-refractivity contribution >= 4 is 23.5 Å². The van der Waals surface area contributed by atoms with Crippen LogP contribution in [0.15, 0.2) is 48.5 Å². The highest BCUT2D eigenvalue weighted by atomic mass is 16.5. The predicted molar refractivity (Wildman–Crippen MR) is 109 cm³/mol. The van der Waals surface area contributed by atoms with Gasteiger partial charge in [0.15, 0.2) is 0 Å². The lowest BCUT2D eigenvalue weighted by molar-refractivity contribution is -0.145. The Labute approximate surface area is 174 Å². The first-order valence-electron chi connectivity index (χ1n) is 9.62. The van der Waals surface area contributed by atoms with Crippen LogP contribution in [-0.2, 0) is 16.0 Å². The number of benzene rings is 2. The minimum Gasteiger partial charge on any atom is -0.467 e. The number of ether oxygens (including phenoxy) is 1. The second kappa shape index (κ2) is 9.51. The summed E-state index contributed by atoms with van der Waals surface area (Å²) in [4.78, 5) is 41.0. The molecule has 1 atom stereocenters. The van der Waals surface area contributed by atoms with Crippen LogP contribution >= 0.6 is 0 Å². The van der Waals surface area contributed by atoms with E-state index in [1.807, 2.05) is 6.07 Å². The molecule has 2 aromatic carbocycles. The number of rotatable bonds is 9. The maximum absolute atomic E-state index is 12.8. The predicted octanol–water partition coefficient (Wildman–Crippen LogP) is 0.858. The van der Waals surface area contributed by atoms with E-state index >= 15 is 0 Å². The highest BCUT2D eigenvalue weighted by molar-refractivity contribution is 6.22. The summed E-state index contributed by atoms with van der Waals surface area (Å²) in [5, 5.41) is 18.5. The summed E-state index contributed by atoms with van der Waals surface area (Å²) >= 11 is 0. The molecule has 2 aromatic rings. The number of hydrogen-bond donors (Lipinski definition) is 2. The molecule has 1 heterocycles. The van der Waals surface area contributed by atoms with Gasteiger partial charge in [0.2, 0.25) is 0 Å². The molecule has 0 spiro atoms. The van der Waals surface area contributed by atoms with Crippen LogP contribution in [0.1, 0.15) is 26.3 Å². The number of amides is 2. The summed E-state index contributed by atoms with van der Waals surface area (Å²) in [5.74, 6) is -1.73. The van der Waals surface area contributed by atoms with E-state index < -0.39 is 23.8 Å². The second-order valence-electron chi connectivity index (χ2n) is 6.87. The zero-order valence-electron chi connectivity index (χ0n) is 16.7. The van der Waals surface area contributed by atoms with E-state index in [2.05, 4.69) is 0 Å². The number of nitrogens with zero attached hydrogens (tertiary/aromatic N) is 2. The molecule has 0 bridgehead atoms. The normalized spacial score (nSPS) is 13.9. The largest absolute Gasteiger partial charge is 0.467 e. The van der Waals surface area contributed by atoms with Gasteiger partial charge in [-0.25, -0.2) is 4.79 Å². The van der Waals surface area contributed by atoms with Crippen LogP contribution in [-0.4, -0.2) is 72.4 Å². The molecular formula is C22H24N2O6. The third-order valence-corrected chi connectivity index (χ3v) is 5.06. The van der Waals surface area contributed by atoms with Crippen molar-refractivity contribution in [3.8, 4) is 0 Å². The van der Waals surface area contributed by atoms with Crippen molar-refractivity contribution in [2.45, 2.75) is 12.5 Å². The third kappa shape index (κ3) is 4.19. The second-order valence-corrected chi connectivity index (χ2v) is 6.87. The van der Waals surface area contributed by atoms with Gasteiger partial charge in [0.05, 0.1) is 31.5 Å².